The number of benzene rings is 1. The number of hydrogen-bond acceptors (Lipinski definition) is 7. The van der Waals surface area contributed by atoms with Crippen molar-refractivity contribution in [1.82, 2.24) is 4.90 Å². The van der Waals surface area contributed by atoms with E-state index in [-0.39, 0.29) is 16.8 Å². The first-order valence-corrected chi connectivity index (χ1v) is 11.1. The van der Waals surface area contributed by atoms with Gasteiger partial charge in [-0.1, -0.05) is 60.9 Å². The summed E-state index contributed by atoms with van der Waals surface area (Å²) in [6.07, 6.45) is 4.35. The van der Waals surface area contributed by atoms with Crippen molar-refractivity contribution in [3.05, 3.63) is 45.8 Å². The summed E-state index contributed by atoms with van der Waals surface area (Å²) in [5.74, 6) is -2.44. The minimum absolute atomic E-state index is 0.0192. The van der Waals surface area contributed by atoms with Crippen LogP contribution in [0.25, 0.3) is 0 Å². The zero-order valence-corrected chi connectivity index (χ0v) is 18.8. The maximum absolute atomic E-state index is 12.4. The first-order valence-electron chi connectivity index (χ1n) is 9.11. The number of fused-ring (bicyclic) bond motifs is 1. The van der Waals surface area contributed by atoms with Crippen molar-refractivity contribution in [2.24, 2.45) is 5.92 Å². The van der Waals surface area contributed by atoms with Gasteiger partial charge >= 0.3 is 11.9 Å². The molecule has 1 saturated heterocycles. The van der Waals surface area contributed by atoms with E-state index in [4.69, 9.17) is 17.3 Å². The van der Waals surface area contributed by atoms with Gasteiger partial charge in [-0.05, 0) is 37.0 Å². The highest BCUT2D eigenvalue weighted by Gasteiger charge is 2.33. The molecule has 0 saturated carbocycles. The molecule has 0 aromatic heterocycles. The summed E-state index contributed by atoms with van der Waals surface area (Å²) in [6.45, 7) is 3.36. The van der Waals surface area contributed by atoms with Crippen LogP contribution in [0.15, 0.2) is 45.2 Å². The van der Waals surface area contributed by atoms with Crippen molar-refractivity contribution in [2.75, 3.05) is 18.0 Å². The van der Waals surface area contributed by atoms with Crippen molar-refractivity contribution < 1.29 is 24.6 Å². The summed E-state index contributed by atoms with van der Waals surface area (Å²) in [4.78, 5) is 38.9. The van der Waals surface area contributed by atoms with Crippen LogP contribution in [0.3, 0.4) is 0 Å². The van der Waals surface area contributed by atoms with Gasteiger partial charge in [-0.25, -0.2) is 0 Å². The van der Waals surface area contributed by atoms with Gasteiger partial charge in [0.25, 0.3) is 5.91 Å². The number of amides is 1. The van der Waals surface area contributed by atoms with E-state index < -0.39 is 24.4 Å². The van der Waals surface area contributed by atoms with Crippen molar-refractivity contribution in [2.45, 2.75) is 25.2 Å². The molecule has 1 fully saturated rings. The summed E-state index contributed by atoms with van der Waals surface area (Å²) < 4.78 is 0.240. The Kier molecular flexibility index (Phi) is 6.89. The third kappa shape index (κ3) is 5.05. The number of thioether (sulfide) groups is 2. The monoisotopic (exact) mass is 464 g/mol. The quantitative estimate of drug-likeness (QED) is 0.462. The van der Waals surface area contributed by atoms with Crippen LogP contribution in [0.1, 0.15) is 18.9 Å². The second-order valence-corrected chi connectivity index (χ2v) is 9.73. The normalized spacial score (nSPS) is 19.7. The van der Waals surface area contributed by atoms with E-state index in [1.54, 1.807) is 11.0 Å². The van der Waals surface area contributed by atoms with E-state index in [9.17, 15) is 19.5 Å². The van der Waals surface area contributed by atoms with Gasteiger partial charge in [-0.3, -0.25) is 19.3 Å². The molecule has 158 valence electrons. The standard InChI is InChI=1S/C20H20N2O5S3/c1-11-3-5-13-14(7-11)29-16(21(13)9-17(23)24)6-4-12(2)8-15-19(27)22(10-18(25)26)20(28)30-15/h3,5-8,12H,4,9-10H2,1-2H3,(H,23,24)(H,25,26)/b15-8+,16-6-. The van der Waals surface area contributed by atoms with Crippen LogP contribution in [0.5, 0.6) is 0 Å². The Balaban J connectivity index is 1.74. The van der Waals surface area contributed by atoms with E-state index in [1.807, 2.05) is 38.1 Å². The number of aryl methyl sites for hydroxylation is 1. The molecule has 1 aromatic rings. The number of hydrogen-bond donors (Lipinski definition) is 2. The molecule has 1 unspecified atom stereocenters. The van der Waals surface area contributed by atoms with Gasteiger partial charge in [-0.2, -0.15) is 0 Å². The molecule has 3 rings (SSSR count). The van der Waals surface area contributed by atoms with Crippen LogP contribution in [0, 0.1) is 12.8 Å². The van der Waals surface area contributed by atoms with Gasteiger partial charge in [0.2, 0.25) is 0 Å². The predicted molar refractivity (Wildman–Crippen MR) is 122 cm³/mol. The number of thiocarbonyl (C=S) groups is 1. The van der Waals surface area contributed by atoms with Crippen molar-refractivity contribution in [3.8, 4) is 0 Å². The van der Waals surface area contributed by atoms with Gasteiger partial charge in [0.1, 0.15) is 17.4 Å². The van der Waals surface area contributed by atoms with Crippen LogP contribution in [0.4, 0.5) is 5.69 Å². The summed E-state index contributed by atoms with van der Waals surface area (Å²) in [5.41, 5.74) is 1.98. The van der Waals surface area contributed by atoms with E-state index in [0.29, 0.717) is 11.3 Å². The lowest BCUT2D eigenvalue weighted by Gasteiger charge is -2.18. The third-order valence-corrected chi connectivity index (χ3v) is 6.99. The van der Waals surface area contributed by atoms with Crippen LogP contribution >= 0.6 is 35.7 Å². The number of nitrogens with zero attached hydrogens (tertiary/aromatic N) is 2. The number of carboxylic acid groups (broad SMARTS) is 2. The summed E-state index contributed by atoms with van der Waals surface area (Å²) in [5, 5.41) is 19.1. The van der Waals surface area contributed by atoms with E-state index in [0.717, 1.165) is 37.8 Å². The average molecular weight is 465 g/mol. The zero-order chi connectivity index (χ0) is 22.0. The predicted octanol–water partition coefficient (Wildman–Crippen LogP) is 3.69. The Hall–Kier alpha value is -2.30. The second kappa shape index (κ2) is 9.23. The van der Waals surface area contributed by atoms with Gasteiger partial charge < -0.3 is 15.1 Å². The molecule has 10 heteroatoms. The fourth-order valence-electron chi connectivity index (χ4n) is 3.06. The molecule has 30 heavy (non-hydrogen) atoms. The number of carbonyl (C=O) groups is 3. The van der Waals surface area contributed by atoms with Gasteiger partial charge in [0.05, 0.1) is 15.6 Å². The molecule has 2 aliphatic rings. The minimum Gasteiger partial charge on any atom is -0.480 e. The maximum Gasteiger partial charge on any atom is 0.323 e. The van der Waals surface area contributed by atoms with E-state index >= 15 is 0 Å². The molecule has 1 atom stereocenters. The number of carboxylic acids is 2. The topological polar surface area (TPSA) is 98.2 Å². The fraction of sp³-hybridized carbons (Fsp3) is 0.300. The molecule has 0 bridgehead atoms. The summed E-state index contributed by atoms with van der Waals surface area (Å²) >= 11 is 7.74. The molecule has 2 aliphatic heterocycles. The van der Waals surface area contributed by atoms with Gasteiger partial charge in [0, 0.05) is 4.90 Å². The Bertz CT molecular complexity index is 989. The van der Waals surface area contributed by atoms with Crippen molar-refractivity contribution in [3.63, 3.8) is 0 Å². The molecule has 7 nitrogen and oxygen atoms in total. The molecular formula is C20H20N2O5S3. The summed E-state index contributed by atoms with van der Waals surface area (Å²) in [7, 11) is 0. The lowest BCUT2D eigenvalue weighted by molar-refractivity contribution is -0.140. The van der Waals surface area contributed by atoms with Gasteiger partial charge in [-0.15, -0.1) is 0 Å². The lowest BCUT2D eigenvalue weighted by Crippen LogP contribution is -2.33. The molecular weight excluding hydrogens is 444 g/mol. The minimum atomic E-state index is -1.11. The van der Waals surface area contributed by atoms with Crippen molar-refractivity contribution >= 4 is 63.6 Å². The SMILES string of the molecule is Cc1ccc2c(c1)S/C(=C\CC(C)/C=C1/SC(=S)N(CC(=O)O)C1=O)N2CC(=O)O. The Morgan fingerprint density at radius 2 is 1.83 bits per heavy atom. The molecule has 2 heterocycles. The van der Waals surface area contributed by atoms with Crippen LogP contribution < -0.4 is 4.90 Å². The van der Waals surface area contributed by atoms with Crippen LogP contribution in [-0.2, 0) is 14.4 Å². The maximum atomic E-state index is 12.4. The number of anilines is 1. The Morgan fingerprint density at radius 3 is 2.50 bits per heavy atom. The van der Waals surface area contributed by atoms with Gasteiger partial charge in [0.15, 0.2) is 0 Å². The first kappa shape index (κ1) is 22.4. The number of aliphatic carboxylic acids is 2. The Labute approximate surface area is 187 Å². The second-order valence-electron chi connectivity index (χ2n) is 6.99. The van der Waals surface area contributed by atoms with Crippen LogP contribution in [0.2, 0.25) is 0 Å². The molecule has 1 amide bonds. The largest absolute Gasteiger partial charge is 0.480 e. The Morgan fingerprint density at radius 1 is 1.17 bits per heavy atom. The average Bonchev–Trinajstić information content (AvgIpc) is 3.11. The molecule has 0 aliphatic carbocycles. The zero-order valence-electron chi connectivity index (χ0n) is 16.3. The fourth-order valence-corrected chi connectivity index (χ4v) is 5.63. The summed E-state index contributed by atoms with van der Waals surface area (Å²) in [6, 6.07) is 5.92. The molecule has 1 aromatic carbocycles. The highest BCUT2D eigenvalue weighted by molar-refractivity contribution is 8.26. The first-order chi connectivity index (χ1) is 14.2. The van der Waals surface area contributed by atoms with E-state index in [1.165, 1.54) is 11.8 Å². The number of carbonyl (C=O) groups excluding carboxylic acids is 1. The smallest absolute Gasteiger partial charge is 0.323 e. The van der Waals surface area contributed by atoms with Crippen molar-refractivity contribution in [1.29, 1.82) is 0 Å². The molecule has 0 spiro atoms. The third-order valence-electron chi connectivity index (χ3n) is 4.45. The lowest BCUT2D eigenvalue weighted by atomic mass is 10.1. The number of allylic oxidation sites excluding steroid dienone is 2. The van der Waals surface area contributed by atoms with Crippen LogP contribution in [-0.4, -0.2) is 50.4 Å². The number of rotatable bonds is 7. The highest BCUT2D eigenvalue weighted by Crippen LogP contribution is 2.46. The molecule has 0 radical (unpaired) electrons. The van der Waals surface area contributed by atoms with E-state index in [2.05, 4.69) is 0 Å². The molecule has 2 N–H and O–H groups in total. The highest BCUT2D eigenvalue weighted by atomic mass is 32.2.